The second-order valence-corrected chi connectivity index (χ2v) is 9.73. The average molecular weight is 430 g/mol. The number of nitrogens with zero attached hydrogens (tertiary/aromatic N) is 1. The second-order valence-electron chi connectivity index (χ2n) is 8.65. The Bertz CT molecular complexity index is 1480. The predicted octanol–water partition coefficient (Wildman–Crippen LogP) is 8.82. The molecular formula is C30H23NS. The van der Waals surface area contributed by atoms with Gasteiger partial charge in [0.15, 0.2) is 0 Å². The molecule has 0 aliphatic carbocycles. The largest absolute Gasteiger partial charge is 0.256 e. The van der Waals surface area contributed by atoms with Gasteiger partial charge < -0.3 is 0 Å². The summed E-state index contributed by atoms with van der Waals surface area (Å²) in [7, 11) is 0. The molecule has 6 rings (SSSR count). The average Bonchev–Trinajstić information content (AvgIpc) is 2.97. The van der Waals surface area contributed by atoms with E-state index in [1.807, 2.05) is 18.0 Å². The van der Waals surface area contributed by atoms with Gasteiger partial charge >= 0.3 is 0 Å². The van der Waals surface area contributed by atoms with Gasteiger partial charge in [-0.3, -0.25) is 4.98 Å². The molecule has 0 radical (unpaired) electrons. The third-order valence-electron chi connectivity index (χ3n) is 6.32. The number of aromatic nitrogens is 1. The first-order valence-corrected chi connectivity index (χ1v) is 11.9. The molecule has 1 aliphatic rings. The minimum atomic E-state index is 0.487. The number of hydrogen-bond acceptors (Lipinski definition) is 2. The molecule has 4 aromatic carbocycles. The summed E-state index contributed by atoms with van der Waals surface area (Å²) in [5.74, 6) is 0.487. The zero-order valence-corrected chi connectivity index (χ0v) is 19.0. The molecule has 154 valence electrons. The SMILES string of the molecule is CC(C)c1ccc2ccnc(-c3ccc4c(c3)-c3ccccc3-c3ccccc3S4)c2c1. The van der Waals surface area contributed by atoms with Crippen molar-refractivity contribution < 1.29 is 0 Å². The van der Waals surface area contributed by atoms with E-state index < -0.39 is 0 Å². The Labute approximate surface area is 193 Å². The lowest BCUT2D eigenvalue weighted by molar-refractivity contribution is 0.869. The molecule has 0 atom stereocenters. The summed E-state index contributed by atoms with van der Waals surface area (Å²) in [5, 5.41) is 2.45. The van der Waals surface area contributed by atoms with Gasteiger partial charge in [-0.2, -0.15) is 0 Å². The highest BCUT2D eigenvalue weighted by molar-refractivity contribution is 7.99. The van der Waals surface area contributed by atoms with Gasteiger partial charge in [0, 0.05) is 26.9 Å². The normalized spacial score (nSPS) is 12.2. The molecule has 0 unspecified atom stereocenters. The maximum atomic E-state index is 4.84. The van der Waals surface area contributed by atoms with Gasteiger partial charge in [0.25, 0.3) is 0 Å². The zero-order chi connectivity index (χ0) is 21.7. The van der Waals surface area contributed by atoms with Gasteiger partial charge in [0.05, 0.1) is 5.69 Å². The first-order chi connectivity index (χ1) is 15.7. The van der Waals surface area contributed by atoms with Crippen molar-refractivity contribution in [1.82, 2.24) is 4.98 Å². The van der Waals surface area contributed by atoms with Crippen molar-refractivity contribution in [3.05, 3.63) is 103 Å². The molecule has 0 saturated carbocycles. The van der Waals surface area contributed by atoms with Crippen LogP contribution in [0.5, 0.6) is 0 Å². The molecule has 0 saturated heterocycles. The van der Waals surface area contributed by atoms with E-state index in [4.69, 9.17) is 4.98 Å². The van der Waals surface area contributed by atoms with E-state index in [1.54, 1.807) is 0 Å². The van der Waals surface area contributed by atoms with Crippen LogP contribution in [-0.4, -0.2) is 4.98 Å². The van der Waals surface area contributed by atoms with Crippen molar-refractivity contribution in [3.8, 4) is 33.5 Å². The minimum Gasteiger partial charge on any atom is -0.256 e. The Balaban J connectivity index is 1.59. The summed E-state index contributed by atoms with van der Waals surface area (Å²) < 4.78 is 0. The van der Waals surface area contributed by atoms with E-state index in [-0.39, 0.29) is 0 Å². The van der Waals surface area contributed by atoms with E-state index in [9.17, 15) is 0 Å². The summed E-state index contributed by atoms with van der Waals surface area (Å²) in [4.78, 5) is 7.43. The fourth-order valence-electron chi connectivity index (χ4n) is 4.60. The van der Waals surface area contributed by atoms with Gasteiger partial charge in [-0.1, -0.05) is 86.3 Å². The van der Waals surface area contributed by atoms with Crippen molar-refractivity contribution >= 4 is 22.5 Å². The van der Waals surface area contributed by atoms with Crippen LogP contribution >= 0.6 is 11.8 Å². The van der Waals surface area contributed by atoms with Crippen molar-refractivity contribution in [2.75, 3.05) is 0 Å². The number of rotatable bonds is 2. The standard InChI is InChI=1S/C30H23NS/c1-19(2)21-12-11-20-15-16-31-30(26(20)17-21)22-13-14-29-27(18-22)24-8-4-3-7-23(24)25-9-5-6-10-28(25)32-29/h3-19H,1-2H3. The smallest absolute Gasteiger partial charge is 0.0780 e. The van der Waals surface area contributed by atoms with E-state index in [2.05, 4.69) is 105 Å². The highest BCUT2D eigenvalue weighted by Gasteiger charge is 2.20. The Morgan fingerprint density at radius 3 is 2.19 bits per heavy atom. The Hall–Kier alpha value is -3.36. The minimum absolute atomic E-state index is 0.487. The van der Waals surface area contributed by atoms with E-state index in [1.165, 1.54) is 48.4 Å². The molecule has 0 bridgehead atoms. The van der Waals surface area contributed by atoms with Gasteiger partial charge in [0.2, 0.25) is 0 Å². The van der Waals surface area contributed by atoms with Crippen molar-refractivity contribution in [2.24, 2.45) is 0 Å². The van der Waals surface area contributed by atoms with Crippen molar-refractivity contribution in [1.29, 1.82) is 0 Å². The summed E-state index contributed by atoms with van der Waals surface area (Å²) in [6.07, 6.45) is 1.93. The molecular weight excluding hydrogens is 406 g/mol. The molecule has 5 aromatic rings. The third kappa shape index (κ3) is 3.14. The van der Waals surface area contributed by atoms with Gasteiger partial charge in [-0.05, 0) is 69.5 Å². The summed E-state index contributed by atoms with van der Waals surface area (Å²) in [5.41, 5.74) is 8.71. The van der Waals surface area contributed by atoms with Crippen LogP contribution in [-0.2, 0) is 0 Å². The number of pyridine rings is 1. The summed E-state index contributed by atoms with van der Waals surface area (Å²) in [6.45, 7) is 4.48. The van der Waals surface area contributed by atoms with Crippen LogP contribution in [0.2, 0.25) is 0 Å². The third-order valence-corrected chi connectivity index (χ3v) is 7.48. The van der Waals surface area contributed by atoms with Crippen LogP contribution in [0, 0.1) is 0 Å². The zero-order valence-electron chi connectivity index (χ0n) is 18.2. The maximum absolute atomic E-state index is 4.84. The van der Waals surface area contributed by atoms with Crippen molar-refractivity contribution in [2.45, 2.75) is 29.6 Å². The number of fused-ring (bicyclic) bond motifs is 6. The van der Waals surface area contributed by atoms with E-state index in [0.717, 1.165) is 11.3 Å². The fourth-order valence-corrected chi connectivity index (χ4v) is 5.69. The topological polar surface area (TPSA) is 12.9 Å². The molecule has 2 heteroatoms. The van der Waals surface area contributed by atoms with Crippen LogP contribution in [0.4, 0.5) is 0 Å². The van der Waals surface area contributed by atoms with Crippen LogP contribution in [0.3, 0.4) is 0 Å². The van der Waals surface area contributed by atoms with Crippen LogP contribution in [0.15, 0.2) is 107 Å². The number of hydrogen-bond donors (Lipinski definition) is 0. The monoisotopic (exact) mass is 429 g/mol. The summed E-state index contributed by atoms with van der Waals surface area (Å²) >= 11 is 1.85. The highest BCUT2D eigenvalue weighted by atomic mass is 32.2. The molecule has 0 N–H and O–H groups in total. The molecule has 0 spiro atoms. The quantitative estimate of drug-likeness (QED) is 0.273. The van der Waals surface area contributed by atoms with Crippen LogP contribution in [0.1, 0.15) is 25.3 Å². The number of benzene rings is 4. The fraction of sp³-hybridized carbons (Fsp3) is 0.100. The molecule has 1 nitrogen and oxygen atoms in total. The lowest BCUT2D eigenvalue weighted by atomic mass is 9.92. The van der Waals surface area contributed by atoms with Gasteiger partial charge in [-0.25, -0.2) is 0 Å². The van der Waals surface area contributed by atoms with E-state index in [0.29, 0.717) is 5.92 Å². The first kappa shape index (κ1) is 19.3. The van der Waals surface area contributed by atoms with Gasteiger partial charge in [-0.15, -0.1) is 0 Å². The van der Waals surface area contributed by atoms with E-state index >= 15 is 0 Å². The van der Waals surface area contributed by atoms with Crippen LogP contribution in [0.25, 0.3) is 44.3 Å². The highest BCUT2D eigenvalue weighted by Crippen LogP contribution is 2.48. The molecule has 1 aromatic heterocycles. The lowest BCUT2D eigenvalue weighted by Crippen LogP contribution is -1.92. The lowest BCUT2D eigenvalue weighted by Gasteiger charge is -2.13. The van der Waals surface area contributed by atoms with Gasteiger partial charge in [0.1, 0.15) is 0 Å². The maximum Gasteiger partial charge on any atom is 0.0780 e. The Kier molecular flexibility index (Phi) is 4.62. The Morgan fingerprint density at radius 1 is 0.656 bits per heavy atom. The predicted molar refractivity (Wildman–Crippen MR) is 136 cm³/mol. The molecule has 32 heavy (non-hydrogen) atoms. The molecule has 0 fully saturated rings. The molecule has 2 heterocycles. The Morgan fingerprint density at radius 2 is 1.38 bits per heavy atom. The molecule has 1 aliphatic heterocycles. The second kappa shape index (κ2) is 7.65. The summed E-state index contributed by atoms with van der Waals surface area (Å²) in [6, 6.07) is 33.2. The first-order valence-electron chi connectivity index (χ1n) is 11.1. The molecule has 0 amide bonds. The van der Waals surface area contributed by atoms with Crippen LogP contribution < -0.4 is 0 Å². The van der Waals surface area contributed by atoms with Crippen molar-refractivity contribution in [3.63, 3.8) is 0 Å².